The minimum Gasteiger partial charge on any atom is -0.352 e. The Kier molecular flexibility index (Phi) is 8.34. The van der Waals surface area contributed by atoms with Gasteiger partial charge < -0.3 is 10.2 Å². The number of amides is 1. The number of unbranched alkanes of at least 4 members (excludes halogenated alkanes) is 1. The van der Waals surface area contributed by atoms with Crippen molar-refractivity contribution in [2.75, 3.05) is 19.8 Å². The van der Waals surface area contributed by atoms with Gasteiger partial charge in [-0.15, -0.1) is 0 Å². The van der Waals surface area contributed by atoms with Crippen LogP contribution in [-0.4, -0.2) is 35.9 Å². The van der Waals surface area contributed by atoms with Gasteiger partial charge in [-0.05, 0) is 44.5 Å². The van der Waals surface area contributed by atoms with Crippen molar-refractivity contribution < 1.29 is 4.79 Å². The first kappa shape index (κ1) is 18.7. The van der Waals surface area contributed by atoms with E-state index in [9.17, 15) is 4.79 Å². The Morgan fingerprint density at radius 1 is 1.22 bits per heavy atom. The van der Waals surface area contributed by atoms with Crippen molar-refractivity contribution in [1.82, 2.24) is 10.2 Å². The maximum absolute atomic E-state index is 11.9. The van der Waals surface area contributed by atoms with E-state index in [2.05, 4.69) is 48.6 Å². The van der Waals surface area contributed by atoms with Crippen LogP contribution in [0.5, 0.6) is 0 Å². The van der Waals surface area contributed by atoms with Crippen molar-refractivity contribution in [3.8, 4) is 0 Å². The zero-order valence-electron chi connectivity index (χ0n) is 14.2. The lowest BCUT2D eigenvalue weighted by atomic mass is 10.1. The maximum atomic E-state index is 11.9. The summed E-state index contributed by atoms with van der Waals surface area (Å²) in [6, 6.07) is 8.49. The Morgan fingerprint density at radius 2 is 1.96 bits per heavy atom. The van der Waals surface area contributed by atoms with E-state index < -0.39 is 0 Å². The summed E-state index contributed by atoms with van der Waals surface area (Å²) < 4.78 is 0. The molecular formula is C18H28N2OS2. The zero-order chi connectivity index (χ0) is 16.5. The standard InChI is InChI=1S/C18H28N2OS2/c1-20(2)14-16-9-7-15(8-10-16)13-19-18(21)6-4-3-5-17-11-12-22-23-17/h7-10,17H,3-6,11-14H2,1-2H3,(H,19,21). The first-order valence-electron chi connectivity index (χ1n) is 8.41. The summed E-state index contributed by atoms with van der Waals surface area (Å²) in [6.07, 6.45) is 5.44. The molecule has 5 heteroatoms. The van der Waals surface area contributed by atoms with E-state index in [1.54, 1.807) is 0 Å². The zero-order valence-corrected chi connectivity index (χ0v) is 15.8. The molecule has 0 radical (unpaired) electrons. The third kappa shape index (κ3) is 7.64. The quantitative estimate of drug-likeness (QED) is 0.536. The van der Waals surface area contributed by atoms with Gasteiger partial charge in [-0.1, -0.05) is 52.3 Å². The number of nitrogens with one attached hydrogen (secondary N) is 1. The first-order chi connectivity index (χ1) is 11.1. The molecule has 2 rings (SSSR count). The van der Waals surface area contributed by atoms with Crippen LogP contribution < -0.4 is 5.32 Å². The molecule has 128 valence electrons. The van der Waals surface area contributed by atoms with E-state index in [1.165, 1.54) is 36.1 Å². The summed E-state index contributed by atoms with van der Waals surface area (Å²) in [4.78, 5) is 14.1. The molecule has 23 heavy (non-hydrogen) atoms. The van der Waals surface area contributed by atoms with Gasteiger partial charge in [-0.3, -0.25) is 4.79 Å². The van der Waals surface area contributed by atoms with E-state index in [1.807, 2.05) is 21.6 Å². The molecular weight excluding hydrogens is 324 g/mol. The van der Waals surface area contributed by atoms with E-state index >= 15 is 0 Å². The summed E-state index contributed by atoms with van der Waals surface area (Å²) in [7, 11) is 8.15. The second-order valence-corrected chi connectivity index (χ2v) is 9.19. The molecule has 1 N–H and O–H groups in total. The number of hydrogen-bond acceptors (Lipinski definition) is 4. The van der Waals surface area contributed by atoms with Gasteiger partial charge in [0.25, 0.3) is 0 Å². The van der Waals surface area contributed by atoms with Gasteiger partial charge in [0, 0.05) is 30.5 Å². The van der Waals surface area contributed by atoms with Crippen LogP contribution >= 0.6 is 21.6 Å². The highest BCUT2D eigenvalue weighted by Gasteiger charge is 2.15. The molecule has 0 aromatic heterocycles. The van der Waals surface area contributed by atoms with Gasteiger partial charge in [0.15, 0.2) is 0 Å². The fourth-order valence-electron chi connectivity index (χ4n) is 2.64. The monoisotopic (exact) mass is 352 g/mol. The SMILES string of the molecule is CN(C)Cc1ccc(CNC(=O)CCCCC2CCSS2)cc1. The lowest BCUT2D eigenvalue weighted by molar-refractivity contribution is -0.121. The molecule has 0 aliphatic carbocycles. The topological polar surface area (TPSA) is 32.3 Å². The van der Waals surface area contributed by atoms with Crippen molar-refractivity contribution in [2.45, 2.75) is 50.4 Å². The average Bonchev–Trinajstić information content (AvgIpc) is 3.04. The fourth-order valence-corrected chi connectivity index (χ4v) is 5.67. The number of rotatable bonds is 9. The van der Waals surface area contributed by atoms with E-state index in [-0.39, 0.29) is 5.91 Å². The number of carbonyl (C=O) groups excluding carboxylic acids is 1. The molecule has 1 amide bonds. The number of benzene rings is 1. The molecule has 0 bridgehead atoms. The van der Waals surface area contributed by atoms with Crippen LogP contribution in [0.1, 0.15) is 43.2 Å². The summed E-state index contributed by atoms with van der Waals surface area (Å²) in [5.74, 6) is 1.47. The summed E-state index contributed by atoms with van der Waals surface area (Å²) in [5, 5.41) is 3.85. The van der Waals surface area contributed by atoms with Gasteiger partial charge in [0.1, 0.15) is 0 Å². The average molecular weight is 353 g/mol. The molecule has 1 heterocycles. The molecule has 1 aliphatic rings. The molecule has 0 saturated carbocycles. The Hall–Kier alpha value is -0.650. The fraction of sp³-hybridized carbons (Fsp3) is 0.611. The van der Waals surface area contributed by atoms with Gasteiger partial charge >= 0.3 is 0 Å². The third-order valence-electron chi connectivity index (χ3n) is 3.92. The number of carbonyl (C=O) groups is 1. The molecule has 1 fully saturated rings. The highest BCUT2D eigenvalue weighted by molar-refractivity contribution is 8.77. The van der Waals surface area contributed by atoms with Crippen LogP contribution in [0.15, 0.2) is 24.3 Å². The molecule has 0 spiro atoms. The first-order valence-corrected chi connectivity index (χ1v) is 10.8. The van der Waals surface area contributed by atoms with Gasteiger partial charge in [0.2, 0.25) is 5.91 Å². The van der Waals surface area contributed by atoms with Crippen LogP contribution in [-0.2, 0) is 17.9 Å². The van der Waals surface area contributed by atoms with Crippen LogP contribution in [0.2, 0.25) is 0 Å². The summed E-state index contributed by atoms with van der Waals surface area (Å²) >= 11 is 0. The molecule has 1 aromatic carbocycles. The Labute approximate surface area is 148 Å². The molecule has 1 atom stereocenters. The van der Waals surface area contributed by atoms with Gasteiger partial charge in [0.05, 0.1) is 0 Å². The van der Waals surface area contributed by atoms with E-state index in [0.717, 1.165) is 18.2 Å². The second-order valence-electron chi connectivity index (χ2n) is 6.41. The molecule has 3 nitrogen and oxygen atoms in total. The maximum Gasteiger partial charge on any atom is 0.220 e. The van der Waals surface area contributed by atoms with Crippen molar-refractivity contribution in [3.05, 3.63) is 35.4 Å². The normalized spacial score (nSPS) is 17.6. The minimum absolute atomic E-state index is 0.177. The van der Waals surface area contributed by atoms with E-state index in [0.29, 0.717) is 13.0 Å². The van der Waals surface area contributed by atoms with Gasteiger partial charge in [-0.25, -0.2) is 0 Å². The third-order valence-corrected chi connectivity index (χ3v) is 6.93. The van der Waals surface area contributed by atoms with Crippen molar-refractivity contribution in [3.63, 3.8) is 0 Å². The van der Waals surface area contributed by atoms with Crippen LogP contribution in [0, 0.1) is 0 Å². The largest absolute Gasteiger partial charge is 0.352 e. The smallest absolute Gasteiger partial charge is 0.220 e. The number of hydrogen-bond donors (Lipinski definition) is 1. The van der Waals surface area contributed by atoms with Crippen LogP contribution in [0.25, 0.3) is 0 Å². The van der Waals surface area contributed by atoms with Crippen molar-refractivity contribution in [1.29, 1.82) is 0 Å². The Bertz CT molecular complexity index is 470. The molecule has 1 aliphatic heterocycles. The predicted molar refractivity (Wildman–Crippen MR) is 103 cm³/mol. The molecule has 1 unspecified atom stereocenters. The minimum atomic E-state index is 0.177. The summed E-state index contributed by atoms with van der Waals surface area (Å²) in [5.41, 5.74) is 2.47. The lowest BCUT2D eigenvalue weighted by Crippen LogP contribution is -2.22. The second kappa shape index (κ2) is 10.3. The predicted octanol–water partition coefficient (Wildman–Crippen LogP) is 4.08. The van der Waals surface area contributed by atoms with Crippen molar-refractivity contribution in [2.24, 2.45) is 0 Å². The summed E-state index contributed by atoms with van der Waals surface area (Å²) in [6.45, 7) is 1.58. The highest BCUT2D eigenvalue weighted by atomic mass is 33.1. The Balaban J connectivity index is 1.58. The van der Waals surface area contributed by atoms with Crippen LogP contribution in [0.3, 0.4) is 0 Å². The Morgan fingerprint density at radius 3 is 2.61 bits per heavy atom. The van der Waals surface area contributed by atoms with E-state index in [4.69, 9.17) is 0 Å². The lowest BCUT2D eigenvalue weighted by Gasteiger charge is -2.10. The molecule has 1 aromatic rings. The molecule has 1 saturated heterocycles. The highest BCUT2D eigenvalue weighted by Crippen LogP contribution is 2.39. The van der Waals surface area contributed by atoms with Gasteiger partial charge in [-0.2, -0.15) is 0 Å². The number of nitrogens with zero attached hydrogens (tertiary/aromatic N) is 1. The van der Waals surface area contributed by atoms with Crippen LogP contribution in [0.4, 0.5) is 0 Å². The van der Waals surface area contributed by atoms with Crippen molar-refractivity contribution >= 4 is 27.5 Å².